The van der Waals surface area contributed by atoms with Crippen molar-refractivity contribution in [1.29, 1.82) is 0 Å². The summed E-state index contributed by atoms with van der Waals surface area (Å²) in [7, 11) is 1.54. The number of hydrogen-bond donors (Lipinski definition) is 6. The minimum Gasteiger partial charge on any atom is -0.504 e. The Bertz CT molecular complexity index is 1330. The number of rotatable bonds is 13. The van der Waals surface area contributed by atoms with Crippen molar-refractivity contribution in [2.75, 3.05) is 20.3 Å². The quantitative estimate of drug-likeness (QED) is 0.106. The first-order valence-corrected chi connectivity index (χ1v) is 12.6. The molecule has 3 aromatic rings. The molecule has 0 aliphatic rings. The van der Waals surface area contributed by atoms with E-state index in [0.29, 0.717) is 25.0 Å². The summed E-state index contributed by atoms with van der Waals surface area (Å²) in [4.78, 5) is 37.5. The molecule has 0 radical (unpaired) electrons. The lowest BCUT2D eigenvalue weighted by molar-refractivity contribution is -0.143. The van der Waals surface area contributed by atoms with Crippen molar-refractivity contribution >= 4 is 17.8 Å². The monoisotopic (exact) mass is 552 g/mol. The molecule has 0 aromatic heterocycles. The summed E-state index contributed by atoms with van der Waals surface area (Å²) in [5.41, 5.74) is 0.539. The van der Waals surface area contributed by atoms with Crippen LogP contribution in [-0.2, 0) is 16.0 Å². The fourth-order valence-electron chi connectivity index (χ4n) is 3.86. The van der Waals surface area contributed by atoms with E-state index in [1.165, 1.54) is 36.4 Å². The molecule has 3 aromatic carbocycles. The Labute approximate surface area is 231 Å². The van der Waals surface area contributed by atoms with E-state index >= 15 is 0 Å². The van der Waals surface area contributed by atoms with Gasteiger partial charge in [-0.15, -0.1) is 0 Å². The minimum absolute atomic E-state index is 0.0198. The average molecular weight is 553 g/mol. The molecule has 2 amide bonds. The second-order valence-corrected chi connectivity index (χ2v) is 8.98. The zero-order chi connectivity index (χ0) is 29.1. The molecule has 1 unspecified atom stereocenters. The number of phenolic OH excluding ortho intramolecular Hbond substituents is 4. The van der Waals surface area contributed by atoms with Crippen LogP contribution >= 0.6 is 0 Å². The number of ether oxygens (including phenoxy) is 2. The number of phenols is 4. The third kappa shape index (κ3) is 8.29. The Morgan fingerprint density at radius 3 is 2.00 bits per heavy atom. The van der Waals surface area contributed by atoms with Crippen LogP contribution in [0.3, 0.4) is 0 Å². The number of para-hydroxylation sites is 2. The summed E-state index contributed by atoms with van der Waals surface area (Å²) in [6, 6.07) is 14.4. The van der Waals surface area contributed by atoms with Crippen LogP contribution in [0.2, 0.25) is 0 Å². The molecule has 0 spiro atoms. The predicted molar refractivity (Wildman–Crippen MR) is 145 cm³/mol. The Morgan fingerprint density at radius 2 is 1.40 bits per heavy atom. The van der Waals surface area contributed by atoms with Gasteiger partial charge in [-0.25, -0.2) is 0 Å². The molecule has 0 bridgehead atoms. The van der Waals surface area contributed by atoms with Gasteiger partial charge in [0.15, 0.2) is 23.0 Å². The zero-order valence-corrected chi connectivity index (χ0v) is 21.9. The number of unbranched alkanes of at least 4 members (excludes halogenated alkanes) is 1. The maximum atomic E-state index is 12.8. The molecule has 6 N–H and O–H groups in total. The highest BCUT2D eigenvalue weighted by Crippen LogP contribution is 2.29. The zero-order valence-electron chi connectivity index (χ0n) is 21.9. The first kappa shape index (κ1) is 29.6. The smallest absolute Gasteiger partial charge is 0.310 e. The topological polar surface area (TPSA) is 175 Å². The van der Waals surface area contributed by atoms with Crippen LogP contribution in [0.15, 0.2) is 60.7 Å². The van der Waals surface area contributed by atoms with Gasteiger partial charge in [0, 0.05) is 6.54 Å². The molecule has 11 nitrogen and oxygen atoms in total. The number of amides is 2. The van der Waals surface area contributed by atoms with Crippen molar-refractivity contribution in [3.63, 3.8) is 0 Å². The third-order valence-electron chi connectivity index (χ3n) is 6.07. The molecule has 0 aliphatic heterocycles. The molecule has 0 saturated carbocycles. The number of hydrogen-bond acceptors (Lipinski definition) is 9. The van der Waals surface area contributed by atoms with Crippen LogP contribution < -0.4 is 15.4 Å². The average Bonchev–Trinajstić information content (AvgIpc) is 2.94. The lowest BCUT2D eigenvalue weighted by atomic mass is 10.1. The number of carbonyl (C=O) groups excluding carboxylic acids is 3. The van der Waals surface area contributed by atoms with Crippen LogP contribution in [0.25, 0.3) is 0 Å². The minimum atomic E-state index is -0.655. The van der Waals surface area contributed by atoms with Gasteiger partial charge < -0.3 is 40.5 Å². The van der Waals surface area contributed by atoms with Gasteiger partial charge in [-0.05, 0) is 61.2 Å². The standard InChI is InChI=1S/C29H32N2O9/c1-39-20-13-11-18(12-14-20)16-25(34)40-17-19(31-29(38)22-8-5-10-24(33)27(22)36)6-2-3-15-30-28(37)21-7-4-9-23(32)26(21)35/h4-5,7-14,19,32-33,35-36H,2-3,6,15-17H2,1H3,(H,30,37)(H,31,38). The largest absolute Gasteiger partial charge is 0.504 e. The Hall–Kier alpha value is -4.93. The molecule has 11 heteroatoms. The van der Waals surface area contributed by atoms with Crippen molar-refractivity contribution in [1.82, 2.24) is 10.6 Å². The highest BCUT2D eigenvalue weighted by Gasteiger charge is 2.20. The fourth-order valence-corrected chi connectivity index (χ4v) is 3.86. The van der Waals surface area contributed by atoms with E-state index in [4.69, 9.17) is 9.47 Å². The Kier molecular flexibility index (Phi) is 10.6. The molecule has 3 rings (SSSR count). The predicted octanol–water partition coefficient (Wildman–Crippen LogP) is 3.00. The van der Waals surface area contributed by atoms with E-state index in [-0.39, 0.29) is 30.7 Å². The van der Waals surface area contributed by atoms with Gasteiger partial charge in [0.05, 0.1) is 30.7 Å². The second-order valence-electron chi connectivity index (χ2n) is 8.98. The van der Waals surface area contributed by atoms with Crippen LogP contribution in [0.5, 0.6) is 28.7 Å². The molecule has 1 atom stereocenters. The molecule has 40 heavy (non-hydrogen) atoms. The van der Waals surface area contributed by atoms with Gasteiger partial charge in [0.25, 0.3) is 11.8 Å². The third-order valence-corrected chi connectivity index (χ3v) is 6.07. The molecule has 0 aliphatic carbocycles. The SMILES string of the molecule is COc1ccc(CC(=O)OCC(CCCCNC(=O)c2cccc(O)c2O)NC(=O)c2cccc(O)c2O)cc1. The van der Waals surface area contributed by atoms with Crippen molar-refractivity contribution in [2.24, 2.45) is 0 Å². The number of benzene rings is 3. The molecular formula is C29H32N2O9. The van der Waals surface area contributed by atoms with E-state index in [0.717, 1.165) is 5.56 Å². The van der Waals surface area contributed by atoms with Crippen molar-refractivity contribution < 1.29 is 44.3 Å². The highest BCUT2D eigenvalue weighted by atomic mass is 16.5. The van der Waals surface area contributed by atoms with Gasteiger partial charge in [0.2, 0.25) is 0 Å². The van der Waals surface area contributed by atoms with E-state index in [2.05, 4.69) is 10.6 Å². The summed E-state index contributed by atoms with van der Waals surface area (Å²) in [5.74, 6) is -2.95. The van der Waals surface area contributed by atoms with E-state index in [9.17, 15) is 34.8 Å². The fraction of sp³-hybridized carbons (Fsp3) is 0.276. The van der Waals surface area contributed by atoms with Crippen LogP contribution in [0.1, 0.15) is 45.5 Å². The molecule has 0 heterocycles. The lowest BCUT2D eigenvalue weighted by Crippen LogP contribution is -2.39. The number of esters is 1. The van der Waals surface area contributed by atoms with E-state index in [1.54, 1.807) is 31.4 Å². The summed E-state index contributed by atoms with van der Waals surface area (Å²) in [6.07, 6.45) is 1.40. The maximum absolute atomic E-state index is 12.8. The van der Waals surface area contributed by atoms with Gasteiger partial charge in [-0.3, -0.25) is 14.4 Å². The Morgan fingerprint density at radius 1 is 0.800 bits per heavy atom. The summed E-state index contributed by atoms with van der Waals surface area (Å²) in [5, 5.41) is 44.6. The maximum Gasteiger partial charge on any atom is 0.310 e. The van der Waals surface area contributed by atoms with Crippen LogP contribution in [0, 0.1) is 0 Å². The normalized spacial score (nSPS) is 11.3. The molecule has 0 saturated heterocycles. The van der Waals surface area contributed by atoms with Gasteiger partial charge in [-0.1, -0.05) is 24.3 Å². The lowest BCUT2D eigenvalue weighted by Gasteiger charge is -2.19. The number of methoxy groups -OCH3 is 1. The number of nitrogens with one attached hydrogen (secondary N) is 2. The highest BCUT2D eigenvalue weighted by molar-refractivity contribution is 5.98. The summed E-state index contributed by atoms with van der Waals surface area (Å²) >= 11 is 0. The number of carbonyl (C=O) groups is 3. The first-order valence-electron chi connectivity index (χ1n) is 12.6. The van der Waals surface area contributed by atoms with Crippen molar-refractivity contribution in [2.45, 2.75) is 31.7 Å². The van der Waals surface area contributed by atoms with Crippen LogP contribution in [0.4, 0.5) is 0 Å². The van der Waals surface area contributed by atoms with Gasteiger partial charge in [-0.2, -0.15) is 0 Å². The number of aromatic hydroxyl groups is 4. The second kappa shape index (κ2) is 14.3. The first-order chi connectivity index (χ1) is 19.2. The van der Waals surface area contributed by atoms with Gasteiger partial charge >= 0.3 is 5.97 Å². The molecular weight excluding hydrogens is 520 g/mol. The van der Waals surface area contributed by atoms with E-state index < -0.39 is 46.8 Å². The van der Waals surface area contributed by atoms with Crippen molar-refractivity contribution in [3.8, 4) is 28.7 Å². The molecule has 212 valence electrons. The molecule has 0 fully saturated rings. The van der Waals surface area contributed by atoms with E-state index in [1.807, 2.05) is 0 Å². The van der Waals surface area contributed by atoms with Gasteiger partial charge in [0.1, 0.15) is 12.4 Å². The van der Waals surface area contributed by atoms with Crippen LogP contribution in [-0.4, -0.2) is 64.5 Å². The Balaban J connectivity index is 1.55. The summed E-state index contributed by atoms with van der Waals surface area (Å²) in [6.45, 7) is 0.114. The summed E-state index contributed by atoms with van der Waals surface area (Å²) < 4.78 is 10.5. The van der Waals surface area contributed by atoms with Crippen molar-refractivity contribution in [3.05, 3.63) is 77.4 Å².